The normalized spacial score (nSPS) is 13.4. The van der Waals surface area contributed by atoms with Crippen molar-refractivity contribution in [1.82, 2.24) is 9.88 Å². The van der Waals surface area contributed by atoms with Gasteiger partial charge in [0, 0.05) is 36.7 Å². The number of ether oxygens (including phenoxy) is 1. The van der Waals surface area contributed by atoms with Gasteiger partial charge in [-0.15, -0.1) is 0 Å². The van der Waals surface area contributed by atoms with Crippen molar-refractivity contribution in [2.24, 2.45) is 0 Å². The number of aromatic nitrogens is 1. The fraction of sp³-hybridized carbons (Fsp3) is 0.250. The number of hydrogen-bond acceptors (Lipinski definition) is 6. The highest BCUT2D eigenvalue weighted by Gasteiger charge is 2.25. The summed E-state index contributed by atoms with van der Waals surface area (Å²) in [6, 6.07) is 9.68. The van der Waals surface area contributed by atoms with Gasteiger partial charge in [0.15, 0.2) is 6.73 Å². The molecule has 2 aromatic heterocycles. The Kier molecular flexibility index (Phi) is 6.02. The summed E-state index contributed by atoms with van der Waals surface area (Å²) in [5, 5.41) is 1.05. The van der Waals surface area contributed by atoms with E-state index in [0.29, 0.717) is 31.7 Å². The Hall–Kier alpha value is -3.94. The van der Waals surface area contributed by atoms with Crippen molar-refractivity contribution in [1.29, 1.82) is 0 Å². The zero-order chi connectivity index (χ0) is 22.7. The Bertz CT molecular complexity index is 1210. The van der Waals surface area contributed by atoms with Gasteiger partial charge in [-0.2, -0.15) is 0 Å². The Morgan fingerprint density at radius 3 is 2.91 bits per heavy atom. The summed E-state index contributed by atoms with van der Waals surface area (Å²) >= 11 is 0. The number of nitrogens with zero attached hydrogens (tertiary/aromatic N) is 3. The summed E-state index contributed by atoms with van der Waals surface area (Å²) < 4.78 is 10.6. The minimum absolute atomic E-state index is 0.146. The average molecular weight is 433 g/mol. The van der Waals surface area contributed by atoms with E-state index in [1.807, 2.05) is 37.3 Å². The van der Waals surface area contributed by atoms with Gasteiger partial charge in [0.25, 0.3) is 6.47 Å². The van der Waals surface area contributed by atoms with Gasteiger partial charge >= 0.3 is 0 Å². The average Bonchev–Trinajstić information content (AvgIpc) is 3.12. The highest BCUT2D eigenvalue weighted by atomic mass is 16.5. The molecule has 0 N–H and O–H groups in total. The zero-order valence-electron chi connectivity index (χ0n) is 17.9. The van der Waals surface area contributed by atoms with Gasteiger partial charge < -0.3 is 14.1 Å². The SMILES string of the molecule is Cc1c(CN(C)C(=O)/C=C/c2cnc3c(c2)CCC(=O)N3COC=O)oc2ccccc12. The number of benzene rings is 1. The van der Waals surface area contributed by atoms with Crippen LogP contribution in [0.25, 0.3) is 17.0 Å². The van der Waals surface area contributed by atoms with Crippen LogP contribution in [0.3, 0.4) is 0 Å². The predicted molar refractivity (Wildman–Crippen MR) is 119 cm³/mol. The van der Waals surface area contributed by atoms with E-state index in [0.717, 1.165) is 33.4 Å². The van der Waals surface area contributed by atoms with E-state index in [1.54, 1.807) is 24.2 Å². The molecule has 0 atom stereocenters. The molecule has 0 bridgehead atoms. The number of hydrogen-bond donors (Lipinski definition) is 0. The number of carbonyl (C=O) groups excluding carboxylic acids is 3. The maximum Gasteiger partial charge on any atom is 0.294 e. The minimum Gasteiger partial charge on any atom is -0.459 e. The smallest absolute Gasteiger partial charge is 0.294 e. The Balaban J connectivity index is 1.45. The van der Waals surface area contributed by atoms with Crippen LogP contribution in [0.15, 0.2) is 47.0 Å². The number of amides is 2. The van der Waals surface area contributed by atoms with E-state index in [9.17, 15) is 14.4 Å². The third-order valence-electron chi connectivity index (χ3n) is 5.52. The molecule has 0 spiro atoms. The first-order valence-corrected chi connectivity index (χ1v) is 10.2. The maximum absolute atomic E-state index is 12.6. The summed E-state index contributed by atoms with van der Waals surface area (Å²) in [5.41, 5.74) is 3.44. The van der Waals surface area contributed by atoms with Crippen molar-refractivity contribution >= 4 is 41.1 Å². The van der Waals surface area contributed by atoms with E-state index in [1.165, 1.54) is 11.0 Å². The quantitative estimate of drug-likeness (QED) is 0.420. The van der Waals surface area contributed by atoms with Crippen LogP contribution < -0.4 is 4.90 Å². The summed E-state index contributed by atoms with van der Waals surface area (Å²) in [4.78, 5) is 42.5. The van der Waals surface area contributed by atoms with E-state index in [-0.39, 0.29) is 18.5 Å². The molecule has 0 unspecified atom stereocenters. The number of aryl methyl sites for hydroxylation is 2. The van der Waals surface area contributed by atoms with Crippen molar-refractivity contribution in [3.8, 4) is 0 Å². The summed E-state index contributed by atoms with van der Waals surface area (Å²) in [6.45, 7) is 2.48. The molecule has 2 amide bonds. The van der Waals surface area contributed by atoms with E-state index < -0.39 is 0 Å². The second kappa shape index (κ2) is 9.05. The molecule has 0 radical (unpaired) electrons. The first-order valence-electron chi connectivity index (χ1n) is 10.2. The van der Waals surface area contributed by atoms with E-state index in [4.69, 9.17) is 9.15 Å². The Morgan fingerprint density at radius 2 is 2.12 bits per heavy atom. The first-order chi connectivity index (χ1) is 15.5. The number of fused-ring (bicyclic) bond motifs is 2. The van der Waals surface area contributed by atoms with Crippen LogP contribution in [0.2, 0.25) is 0 Å². The van der Waals surface area contributed by atoms with Crippen molar-refractivity contribution in [2.75, 3.05) is 18.7 Å². The number of pyridine rings is 1. The summed E-state index contributed by atoms with van der Waals surface area (Å²) in [5.74, 6) is 0.920. The number of rotatable bonds is 7. The Morgan fingerprint density at radius 1 is 1.31 bits per heavy atom. The predicted octanol–water partition coefficient (Wildman–Crippen LogP) is 3.22. The second-order valence-corrected chi connectivity index (χ2v) is 7.64. The molecule has 1 aliphatic heterocycles. The molecule has 0 saturated carbocycles. The lowest BCUT2D eigenvalue weighted by Crippen LogP contribution is -2.37. The van der Waals surface area contributed by atoms with E-state index >= 15 is 0 Å². The number of likely N-dealkylation sites (N-methyl/N-ethyl adjacent to an activating group) is 1. The van der Waals surface area contributed by atoms with Crippen LogP contribution in [0, 0.1) is 6.92 Å². The molecule has 1 aromatic carbocycles. The molecule has 8 heteroatoms. The second-order valence-electron chi connectivity index (χ2n) is 7.64. The molecule has 3 aromatic rings. The number of carbonyl (C=O) groups is 3. The monoisotopic (exact) mass is 433 g/mol. The Labute approximate surface area is 185 Å². The maximum atomic E-state index is 12.6. The van der Waals surface area contributed by atoms with Gasteiger partial charge in [0.05, 0.1) is 6.54 Å². The third kappa shape index (κ3) is 4.25. The lowest BCUT2D eigenvalue weighted by molar-refractivity contribution is -0.130. The van der Waals surface area contributed by atoms with Crippen molar-refractivity contribution in [2.45, 2.75) is 26.3 Å². The molecule has 8 nitrogen and oxygen atoms in total. The van der Waals surface area contributed by atoms with Crippen molar-refractivity contribution < 1.29 is 23.5 Å². The molecule has 4 rings (SSSR count). The number of anilines is 1. The van der Waals surface area contributed by atoms with Crippen LogP contribution in [0.1, 0.15) is 28.9 Å². The zero-order valence-corrected chi connectivity index (χ0v) is 17.9. The van der Waals surface area contributed by atoms with Gasteiger partial charge in [0.1, 0.15) is 17.2 Å². The largest absolute Gasteiger partial charge is 0.459 e. The fourth-order valence-electron chi connectivity index (χ4n) is 3.74. The number of furan rings is 1. The molecule has 32 heavy (non-hydrogen) atoms. The third-order valence-corrected chi connectivity index (χ3v) is 5.52. The van der Waals surface area contributed by atoms with Crippen LogP contribution in [0.4, 0.5) is 5.82 Å². The van der Waals surface area contributed by atoms with Crippen LogP contribution in [-0.4, -0.2) is 41.9 Å². The highest BCUT2D eigenvalue weighted by molar-refractivity contribution is 5.95. The molecule has 3 heterocycles. The van der Waals surface area contributed by atoms with Gasteiger partial charge in [-0.3, -0.25) is 19.3 Å². The highest BCUT2D eigenvalue weighted by Crippen LogP contribution is 2.27. The van der Waals surface area contributed by atoms with Crippen molar-refractivity contribution in [3.05, 3.63) is 65.1 Å². The van der Waals surface area contributed by atoms with Crippen LogP contribution >= 0.6 is 0 Å². The summed E-state index contributed by atoms with van der Waals surface area (Å²) in [7, 11) is 1.72. The summed E-state index contributed by atoms with van der Waals surface area (Å²) in [6.07, 6.45) is 5.61. The molecule has 1 aliphatic rings. The minimum atomic E-state index is -0.168. The van der Waals surface area contributed by atoms with Gasteiger partial charge in [-0.1, -0.05) is 18.2 Å². The molecule has 0 saturated heterocycles. The molecule has 0 fully saturated rings. The molecular formula is C24H23N3O5. The number of para-hydroxylation sites is 1. The topological polar surface area (TPSA) is 93.0 Å². The molecule has 0 aliphatic carbocycles. The van der Waals surface area contributed by atoms with Crippen molar-refractivity contribution in [3.63, 3.8) is 0 Å². The van der Waals surface area contributed by atoms with E-state index in [2.05, 4.69) is 4.98 Å². The lowest BCUT2D eigenvalue weighted by Gasteiger charge is -2.27. The molecular weight excluding hydrogens is 410 g/mol. The van der Waals surface area contributed by atoms with Gasteiger partial charge in [-0.25, -0.2) is 4.98 Å². The standard InChI is InChI=1S/C24H23N3O5/c1-16-19-5-3-4-6-20(19)32-21(16)13-26(2)22(29)9-7-17-11-18-8-10-23(30)27(14-31-15-28)24(18)25-12-17/h3-7,9,11-12,15H,8,10,13-14H2,1-2H3/b9-7+. The lowest BCUT2D eigenvalue weighted by atomic mass is 10.0. The van der Waals surface area contributed by atoms with Crippen LogP contribution in [-0.2, 0) is 32.1 Å². The fourth-order valence-corrected chi connectivity index (χ4v) is 3.74. The van der Waals surface area contributed by atoms with Crippen LogP contribution in [0.5, 0.6) is 0 Å². The first kappa shape index (κ1) is 21.3. The molecule has 164 valence electrons. The van der Waals surface area contributed by atoms with Gasteiger partial charge in [-0.05, 0) is 42.7 Å². The van der Waals surface area contributed by atoms with Gasteiger partial charge in [0.2, 0.25) is 11.8 Å².